The van der Waals surface area contributed by atoms with Gasteiger partial charge in [0, 0.05) is 23.2 Å². The normalized spacial score (nSPS) is 11.0. The molecule has 2 heterocycles. The fraction of sp³-hybridized carbons (Fsp3) is 0.100. The Hall–Kier alpha value is -2.92. The third kappa shape index (κ3) is 2.94. The lowest BCUT2D eigenvalue weighted by molar-refractivity contribution is 0.103. The minimum Gasteiger partial charge on any atom is -0.327 e. The van der Waals surface area contributed by atoms with Crippen LogP contribution in [0.2, 0.25) is 0 Å². The Balaban J connectivity index is 1.59. The SMILES string of the molecule is Cc1ccc(C(=O)Nc2ccc(-c3nc4ccccc4n3C)cc2)s1. The molecule has 0 bridgehead atoms. The number of hydrogen-bond acceptors (Lipinski definition) is 3. The Morgan fingerprint density at radius 3 is 2.48 bits per heavy atom. The third-order valence-corrected chi connectivity index (χ3v) is 5.15. The fourth-order valence-electron chi connectivity index (χ4n) is 2.86. The van der Waals surface area contributed by atoms with Crippen molar-refractivity contribution in [2.45, 2.75) is 6.92 Å². The highest BCUT2D eigenvalue weighted by Crippen LogP contribution is 2.25. The van der Waals surface area contributed by atoms with Gasteiger partial charge in [-0.05, 0) is 55.5 Å². The van der Waals surface area contributed by atoms with E-state index in [1.807, 2.05) is 68.6 Å². The molecule has 2 aromatic carbocycles. The molecule has 4 nitrogen and oxygen atoms in total. The summed E-state index contributed by atoms with van der Waals surface area (Å²) in [6, 6.07) is 19.7. The van der Waals surface area contributed by atoms with Gasteiger partial charge in [-0.3, -0.25) is 4.79 Å². The van der Waals surface area contributed by atoms with Crippen LogP contribution in [0.25, 0.3) is 22.4 Å². The van der Waals surface area contributed by atoms with Crippen LogP contribution in [-0.4, -0.2) is 15.5 Å². The molecule has 1 amide bonds. The van der Waals surface area contributed by atoms with Crippen LogP contribution in [0.1, 0.15) is 14.5 Å². The van der Waals surface area contributed by atoms with Crippen molar-refractivity contribution in [3.8, 4) is 11.4 Å². The minimum atomic E-state index is -0.0754. The van der Waals surface area contributed by atoms with E-state index < -0.39 is 0 Å². The molecule has 0 aliphatic carbocycles. The van der Waals surface area contributed by atoms with E-state index in [0.29, 0.717) is 0 Å². The number of benzene rings is 2. The average Bonchev–Trinajstić information content (AvgIpc) is 3.20. The summed E-state index contributed by atoms with van der Waals surface area (Å²) in [7, 11) is 2.01. The first-order chi connectivity index (χ1) is 12.1. The number of aromatic nitrogens is 2. The number of anilines is 1. The van der Waals surface area contributed by atoms with E-state index in [9.17, 15) is 4.79 Å². The molecular weight excluding hydrogens is 330 g/mol. The second kappa shape index (κ2) is 6.18. The minimum absolute atomic E-state index is 0.0754. The smallest absolute Gasteiger partial charge is 0.265 e. The van der Waals surface area contributed by atoms with Gasteiger partial charge in [0.15, 0.2) is 0 Å². The molecule has 0 unspecified atom stereocenters. The molecule has 124 valence electrons. The summed E-state index contributed by atoms with van der Waals surface area (Å²) < 4.78 is 2.08. The predicted octanol–water partition coefficient (Wildman–Crippen LogP) is 4.86. The quantitative estimate of drug-likeness (QED) is 0.575. The highest BCUT2D eigenvalue weighted by atomic mass is 32.1. The number of carbonyl (C=O) groups excluding carboxylic acids is 1. The Kier molecular flexibility index (Phi) is 3.86. The number of nitrogens with zero attached hydrogens (tertiary/aromatic N) is 2. The number of hydrogen-bond donors (Lipinski definition) is 1. The van der Waals surface area contributed by atoms with Crippen molar-refractivity contribution in [1.82, 2.24) is 9.55 Å². The second-order valence-corrected chi connectivity index (χ2v) is 7.21. The number of rotatable bonds is 3. The van der Waals surface area contributed by atoms with E-state index in [2.05, 4.69) is 16.0 Å². The number of aryl methyl sites for hydroxylation is 2. The summed E-state index contributed by atoms with van der Waals surface area (Å²) in [6.45, 7) is 1.99. The zero-order valence-electron chi connectivity index (χ0n) is 14.0. The van der Waals surface area contributed by atoms with Crippen LogP contribution in [-0.2, 0) is 7.05 Å². The van der Waals surface area contributed by atoms with Gasteiger partial charge in [0.2, 0.25) is 0 Å². The zero-order chi connectivity index (χ0) is 17.4. The standard InChI is InChI=1S/C20H17N3OS/c1-13-7-12-18(25-13)20(24)21-15-10-8-14(9-11-15)19-22-16-5-3-4-6-17(16)23(19)2/h3-12H,1-2H3,(H,21,24). The van der Waals surface area contributed by atoms with E-state index in [4.69, 9.17) is 4.98 Å². The van der Waals surface area contributed by atoms with Gasteiger partial charge in [0.05, 0.1) is 15.9 Å². The molecule has 0 aliphatic rings. The summed E-state index contributed by atoms with van der Waals surface area (Å²) >= 11 is 1.49. The number of imidazole rings is 1. The molecule has 5 heteroatoms. The number of amides is 1. The van der Waals surface area contributed by atoms with Crippen molar-refractivity contribution in [1.29, 1.82) is 0 Å². The molecule has 0 radical (unpaired) electrons. The maximum atomic E-state index is 12.2. The van der Waals surface area contributed by atoms with Crippen molar-refractivity contribution in [2.75, 3.05) is 5.32 Å². The molecule has 4 rings (SSSR count). The van der Waals surface area contributed by atoms with Gasteiger partial charge >= 0.3 is 0 Å². The fourth-order valence-corrected chi connectivity index (χ4v) is 3.62. The van der Waals surface area contributed by atoms with Crippen molar-refractivity contribution in [3.63, 3.8) is 0 Å². The van der Waals surface area contributed by atoms with E-state index >= 15 is 0 Å². The number of fused-ring (bicyclic) bond motifs is 1. The van der Waals surface area contributed by atoms with Gasteiger partial charge in [-0.15, -0.1) is 11.3 Å². The van der Waals surface area contributed by atoms with Gasteiger partial charge < -0.3 is 9.88 Å². The van der Waals surface area contributed by atoms with Gasteiger partial charge in [-0.25, -0.2) is 4.98 Å². The third-order valence-electron chi connectivity index (χ3n) is 4.15. The lowest BCUT2D eigenvalue weighted by atomic mass is 10.2. The number of nitrogens with one attached hydrogen (secondary N) is 1. The Bertz CT molecular complexity index is 1060. The van der Waals surface area contributed by atoms with Crippen LogP contribution in [0.5, 0.6) is 0 Å². The lowest BCUT2D eigenvalue weighted by Gasteiger charge is -2.06. The van der Waals surface area contributed by atoms with Gasteiger partial charge in [-0.1, -0.05) is 12.1 Å². The molecule has 0 fully saturated rings. The topological polar surface area (TPSA) is 46.9 Å². The Morgan fingerprint density at radius 2 is 1.80 bits per heavy atom. The average molecular weight is 347 g/mol. The molecule has 25 heavy (non-hydrogen) atoms. The molecular formula is C20H17N3OS. The van der Waals surface area contributed by atoms with Crippen molar-refractivity contribution >= 4 is 34.0 Å². The van der Waals surface area contributed by atoms with Crippen LogP contribution >= 0.6 is 11.3 Å². The van der Waals surface area contributed by atoms with Gasteiger partial charge in [0.25, 0.3) is 5.91 Å². The van der Waals surface area contributed by atoms with E-state index in [0.717, 1.165) is 37.9 Å². The molecule has 0 spiro atoms. The van der Waals surface area contributed by atoms with Crippen LogP contribution in [0.4, 0.5) is 5.69 Å². The van der Waals surface area contributed by atoms with Gasteiger partial charge in [0.1, 0.15) is 5.82 Å². The molecule has 0 saturated carbocycles. The first kappa shape index (κ1) is 15.6. The molecule has 0 atom stereocenters. The maximum absolute atomic E-state index is 12.2. The summed E-state index contributed by atoms with van der Waals surface area (Å²) in [5, 5.41) is 2.94. The van der Waals surface area contributed by atoms with E-state index in [1.54, 1.807) is 0 Å². The number of thiophene rings is 1. The number of para-hydroxylation sites is 2. The summed E-state index contributed by atoms with van der Waals surface area (Å²) in [4.78, 5) is 18.8. The second-order valence-electron chi connectivity index (χ2n) is 5.92. The highest BCUT2D eigenvalue weighted by molar-refractivity contribution is 7.14. The van der Waals surface area contributed by atoms with Crippen LogP contribution < -0.4 is 5.32 Å². The van der Waals surface area contributed by atoms with Crippen molar-refractivity contribution in [2.24, 2.45) is 7.05 Å². The van der Waals surface area contributed by atoms with E-state index in [-0.39, 0.29) is 5.91 Å². The van der Waals surface area contributed by atoms with Gasteiger partial charge in [-0.2, -0.15) is 0 Å². The highest BCUT2D eigenvalue weighted by Gasteiger charge is 2.11. The summed E-state index contributed by atoms with van der Waals surface area (Å²) in [5.74, 6) is 0.835. The Morgan fingerprint density at radius 1 is 1.04 bits per heavy atom. The first-order valence-electron chi connectivity index (χ1n) is 8.01. The van der Waals surface area contributed by atoms with Crippen molar-refractivity contribution in [3.05, 3.63) is 70.4 Å². The lowest BCUT2D eigenvalue weighted by Crippen LogP contribution is -2.09. The van der Waals surface area contributed by atoms with Crippen molar-refractivity contribution < 1.29 is 4.79 Å². The molecule has 0 aliphatic heterocycles. The molecule has 2 aromatic heterocycles. The van der Waals surface area contributed by atoms with Crippen LogP contribution in [0.15, 0.2) is 60.7 Å². The molecule has 1 N–H and O–H groups in total. The van der Waals surface area contributed by atoms with Crippen LogP contribution in [0.3, 0.4) is 0 Å². The van der Waals surface area contributed by atoms with E-state index in [1.165, 1.54) is 11.3 Å². The molecule has 0 saturated heterocycles. The zero-order valence-corrected chi connectivity index (χ0v) is 14.8. The summed E-state index contributed by atoms with van der Waals surface area (Å²) in [5.41, 5.74) is 3.87. The molecule has 4 aromatic rings. The largest absolute Gasteiger partial charge is 0.327 e. The van der Waals surface area contributed by atoms with Crippen LogP contribution in [0, 0.1) is 6.92 Å². The first-order valence-corrected chi connectivity index (χ1v) is 8.83. The monoisotopic (exact) mass is 347 g/mol. The summed E-state index contributed by atoms with van der Waals surface area (Å²) in [6.07, 6.45) is 0. The number of carbonyl (C=O) groups is 1. The Labute approximate surface area is 149 Å². The maximum Gasteiger partial charge on any atom is 0.265 e. The predicted molar refractivity (Wildman–Crippen MR) is 103 cm³/mol.